The molecule has 1 fully saturated rings. The molecule has 0 aliphatic carbocycles. The molecule has 1 aromatic carbocycles. The Kier molecular flexibility index (Phi) is 9.47. The Hall–Kier alpha value is -1.72. The van der Waals surface area contributed by atoms with Crippen molar-refractivity contribution in [3.8, 4) is 0 Å². The fourth-order valence-corrected chi connectivity index (χ4v) is 4.66. The Labute approximate surface area is 194 Å². The molecule has 0 radical (unpaired) electrons. The molecule has 32 heavy (non-hydrogen) atoms. The number of hydrogen-bond acceptors (Lipinski definition) is 5. The average Bonchev–Trinajstić information content (AvgIpc) is 2.80. The van der Waals surface area contributed by atoms with Crippen LogP contribution in [0.25, 0.3) is 0 Å². The third-order valence-electron chi connectivity index (χ3n) is 7.58. The molecule has 1 heterocycles. The van der Waals surface area contributed by atoms with Crippen molar-refractivity contribution >= 4 is 11.8 Å². The van der Waals surface area contributed by atoms with E-state index in [1.807, 2.05) is 30.2 Å². The van der Waals surface area contributed by atoms with Crippen molar-refractivity contribution in [1.29, 1.82) is 0 Å². The second kappa shape index (κ2) is 11.4. The molecule has 1 aliphatic rings. The Bertz CT molecular complexity index is 751. The van der Waals surface area contributed by atoms with Crippen LogP contribution < -0.4 is 0 Å². The van der Waals surface area contributed by atoms with Gasteiger partial charge in [0.25, 0.3) is 0 Å². The number of benzene rings is 1. The Morgan fingerprint density at radius 2 is 1.81 bits per heavy atom. The molecule has 5 unspecified atom stereocenters. The molecule has 0 amide bonds. The van der Waals surface area contributed by atoms with Gasteiger partial charge in [0.15, 0.2) is 6.10 Å². The lowest BCUT2D eigenvalue weighted by Gasteiger charge is -2.56. The van der Waals surface area contributed by atoms with Crippen molar-refractivity contribution in [3.05, 3.63) is 35.9 Å². The van der Waals surface area contributed by atoms with Gasteiger partial charge in [0.1, 0.15) is 5.78 Å². The van der Waals surface area contributed by atoms with E-state index in [0.717, 1.165) is 25.7 Å². The van der Waals surface area contributed by atoms with E-state index in [9.17, 15) is 9.59 Å². The van der Waals surface area contributed by atoms with Crippen LogP contribution in [0.15, 0.2) is 30.3 Å². The lowest BCUT2D eigenvalue weighted by molar-refractivity contribution is -0.314. The summed E-state index contributed by atoms with van der Waals surface area (Å²) in [5, 5.41) is 2.00. The second-order valence-corrected chi connectivity index (χ2v) is 9.88. The lowest BCUT2D eigenvalue weighted by atomic mass is 9.70. The van der Waals surface area contributed by atoms with Crippen molar-refractivity contribution in [2.75, 3.05) is 6.61 Å². The first-order valence-corrected chi connectivity index (χ1v) is 12.3. The fraction of sp³-hybridized carbons (Fsp3) is 0.704. The highest BCUT2D eigenvalue weighted by molar-refractivity contribution is 5.84. The van der Waals surface area contributed by atoms with Crippen LogP contribution in [0, 0.1) is 5.92 Å². The number of nitrogens with zero attached hydrogens (tertiary/aromatic N) is 1. The summed E-state index contributed by atoms with van der Waals surface area (Å²) in [6.07, 6.45) is 3.53. The van der Waals surface area contributed by atoms with Crippen molar-refractivity contribution in [3.63, 3.8) is 0 Å². The molecule has 5 nitrogen and oxygen atoms in total. The predicted octanol–water partition coefficient (Wildman–Crippen LogP) is 6.07. The number of hydrogen-bond donors (Lipinski definition) is 0. The zero-order valence-electron chi connectivity index (χ0n) is 21.1. The maximum Gasteiger partial charge on any atom is 0.337 e. The van der Waals surface area contributed by atoms with E-state index in [2.05, 4.69) is 53.7 Å². The molecule has 180 valence electrons. The molecule has 5 atom stereocenters. The van der Waals surface area contributed by atoms with Gasteiger partial charge in [-0.2, -0.15) is 5.06 Å². The minimum absolute atomic E-state index is 0.129. The number of carbonyl (C=O) groups is 2. The van der Waals surface area contributed by atoms with Crippen LogP contribution in [0.4, 0.5) is 0 Å². The minimum Gasteiger partial charge on any atom is -0.464 e. The highest BCUT2D eigenvalue weighted by Gasteiger charge is 2.54. The van der Waals surface area contributed by atoms with Gasteiger partial charge in [-0.25, -0.2) is 4.79 Å². The summed E-state index contributed by atoms with van der Waals surface area (Å²) in [6, 6.07) is 10.2. The standard InChI is InChI=1S/C27H43NO4/c1-8-11-17-31-25(30)24(18-20(4)22-15-13-12-14-16-22)32-28-26(6,9-2)19-23(29)21(5)27(28,7)10-3/h12-16,20-21,24H,8-11,17-19H2,1-7H3. The zero-order chi connectivity index (χ0) is 23.9. The Morgan fingerprint density at radius 3 is 2.38 bits per heavy atom. The number of ketones is 1. The van der Waals surface area contributed by atoms with Gasteiger partial charge in [0, 0.05) is 12.3 Å². The van der Waals surface area contributed by atoms with Crippen LogP contribution in [0.3, 0.4) is 0 Å². The van der Waals surface area contributed by atoms with Crippen LogP contribution in [-0.2, 0) is 19.2 Å². The van der Waals surface area contributed by atoms with Crippen LogP contribution in [0.5, 0.6) is 0 Å². The van der Waals surface area contributed by atoms with Crippen molar-refractivity contribution < 1.29 is 19.2 Å². The summed E-state index contributed by atoms with van der Waals surface area (Å²) in [5.41, 5.74) is 0.214. The largest absolute Gasteiger partial charge is 0.464 e. The van der Waals surface area contributed by atoms with Gasteiger partial charge >= 0.3 is 5.97 Å². The van der Waals surface area contributed by atoms with E-state index in [0.29, 0.717) is 19.4 Å². The maximum absolute atomic E-state index is 13.2. The molecule has 0 spiro atoms. The highest BCUT2D eigenvalue weighted by atomic mass is 16.7. The number of carbonyl (C=O) groups excluding carboxylic acids is 2. The van der Waals surface area contributed by atoms with Gasteiger partial charge in [-0.3, -0.25) is 9.63 Å². The number of unbranched alkanes of at least 4 members (excludes halogenated alkanes) is 1. The quantitative estimate of drug-likeness (QED) is 0.305. The van der Waals surface area contributed by atoms with Crippen LogP contribution in [-0.4, -0.2) is 40.6 Å². The molecule has 0 bridgehead atoms. The molecular weight excluding hydrogens is 402 g/mol. The number of Topliss-reactive ketones (excluding diaryl/α,β-unsaturated/α-hetero) is 1. The molecule has 0 aromatic heterocycles. The Balaban J connectivity index is 2.35. The highest BCUT2D eigenvalue weighted by Crippen LogP contribution is 2.45. The number of piperidine rings is 1. The second-order valence-electron chi connectivity index (χ2n) is 9.88. The first-order chi connectivity index (χ1) is 15.1. The van der Waals surface area contributed by atoms with E-state index in [4.69, 9.17) is 9.57 Å². The van der Waals surface area contributed by atoms with Crippen molar-refractivity contribution in [2.24, 2.45) is 5.92 Å². The molecule has 1 aliphatic heterocycles. The van der Waals surface area contributed by atoms with Gasteiger partial charge in [-0.15, -0.1) is 0 Å². The number of rotatable bonds is 11. The normalized spacial score (nSPS) is 28.3. The van der Waals surface area contributed by atoms with Gasteiger partial charge in [0.2, 0.25) is 0 Å². The summed E-state index contributed by atoms with van der Waals surface area (Å²) in [6.45, 7) is 14.9. The first-order valence-electron chi connectivity index (χ1n) is 12.3. The van der Waals surface area contributed by atoms with Crippen LogP contribution in [0.2, 0.25) is 0 Å². The molecule has 1 saturated heterocycles. The van der Waals surface area contributed by atoms with Crippen LogP contribution in [0.1, 0.15) is 98.5 Å². The zero-order valence-corrected chi connectivity index (χ0v) is 21.1. The summed E-state index contributed by atoms with van der Waals surface area (Å²) in [4.78, 5) is 32.6. The van der Waals surface area contributed by atoms with Crippen LogP contribution >= 0.6 is 0 Å². The van der Waals surface area contributed by atoms with E-state index in [1.54, 1.807) is 0 Å². The molecule has 0 saturated carbocycles. The molecule has 1 aromatic rings. The summed E-state index contributed by atoms with van der Waals surface area (Å²) in [5.74, 6) is -0.0964. The Morgan fingerprint density at radius 1 is 1.16 bits per heavy atom. The lowest BCUT2D eigenvalue weighted by Crippen LogP contribution is -2.67. The molecular formula is C27H43NO4. The third kappa shape index (κ3) is 5.79. The maximum atomic E-state index is 13.2. The number of ether oxygens (including phenoxy) is 1. The van der Waals surface area contributed by atoms with Gasteiger partial charge in [-0.05, 0) is 51.0 Å². The van der Waals surface area contributed by atoms with Gasteiger partial charge in [-0.1, -0.05) is 71.4 Å². The van der Waals surface area contributed by atoms with E-state index in [-0.39, 0.29) is 23.6 Å². The molecule has 2 rings (SSSR count). The smallest absolute Gasteiger partial charge is 0.337 e. The first kappa shape index (κ1) is 26.5. The monoisotopic (exact) mass is 445 g/mol. The number of hydroxylamine groups is 2. The van der Waals surface area contributed by atoms with E-state index < -0.39 is 17.2 Å². The molecule has 0 N–H and O–H groups in total. The summed E-state index contributed by atoms with van der Waals surface area (Å²) >= 11 is 0. The van der Waals surface area contributed by atoms with Gasteiger partial charge < -0.3 is 4.74 Å². The average molecular weight is 446 g/mol. The van der Waals surface area contributed by atoms with E-state index in [1.165, 1.54) is 5.56 Å². The summed E-state index contributed by atoms with van der Waals surface area (Å²) < 4.78 is 5.62. The van der Waals surface area contributed by atoms with Gasteiger partial charge in [0.05, 0.1) is 17.7 Å². The van der Waals surface area contributed by atoms with Crippen molar-refractivity contribution in [1.82, 2.24) is 5.06 Å². The topological polar surface area (TPSA) is 55.8 Å². The minimum atomic E-state index is -0.723. The fourth-order valence-electron chi connectivity index (χ4n) is 4.66. The van der Waals surface area contributed by atoms with E-state index >= 15 is 0 Å². The molecule has 5 heteroatoms. The predicted molar refractivity (Wildman–Crippen MR) is 128 cm³/mol. The van der Waals surface area contributed by atoms with Crippen molar-refractivity contribution in [2.45, 2.75) is 110 Å². The number of esters is 1. The third-order valence-corrected chi connectivity index (χ3v) is 7.58. The summed E-state index contributed by atoms with van der Waals surface area (Å²) in [7, 11) is 0. The SMILES string of the molecule is CCCCOC(=O)C(CC(C)c1ccccc1)ON1C(C)(CC)CC(=O)C(C)C1(C)CC.